The summed E-state index contributed by atoms with van der Waals surface area (Å²) in [6.45, 7) is 3.24. The number of carbonyl (C=O) groups is 1. The molecule has 5 heterocycles. The summed E-state index contributed by atoms with van der Waals surface area (Å²) in [4.78, 5) is 22.1. The summed E-state index contributed by atoms with van der Waals surface area (Å²) in [6.07, 6.45) is 6.16. The number of hydrogen-bond acceptors (Lipinski definition) is 7. The Morgan fingerprint density at radius 2 is 2.06 bits per heavy atom. The van der Waals surface area contributed by atoms with Crippen LogP contribution in [0.1, 0.15) is 34.3 Å². The van der Waals surface area contributed by atoms with Crippen molar-refractivity contribution in [3.63, 3.8) is 0 Å². The summed E-state index contributed by atoms with van der Waals surface area (Å²) in [6, 6.07) is 11.5. The van der Waals surface area contributed by atoms with E-state index >= 15 is 0 Å². The number of fused-ring (bicyclic) bond motifs is 1. The third-order valence-electron chi connectivity index (χ3n) is 6.22. The van der Waals surface area contributed by atoms with Crippen molar-refractivity contribution in [1.82, 2.24) is 29.3 Å². The molecule has 1 aromatic carbocycles. The number of benzene rings is 1. The van der Waals surface area contributed by atoms with Gasteiger partial charge < -0.3 is 14.6 Å². The zero-order valence-corrected chi connectivity index (χ0v) is 19.3. The Balaban J connectivity index is 1.25. The maximum atomic E-state index is 13.2. The van der Waals surface area contributed by atoms with Gasteiger partial charge in [0, 0.05) is 42.9 Å². The Hall–Kier alpha value is -4.31. The van der Waals surface area contributed by atoms with E-state index in [2.05, 4.69) is 25.5 Å². The highest BCUT2D eigenvalue weighted by molar-refractivity contribution is 6.04. The summed E-state index contributed by atoms with van der Waals surface area (Å²) in [5.41, 5.74) is 5.23. The molecule has 1 aliphatic rings. The molecule has 0 spiro atoms. The van der Waals surface area contributed by atoms with Gasteiger partial charge in [-0.15, -0.1) is 0 Å². The maximum absolute atomic E-state index is 13.2. The summed E-state index contributed by atoms with van der Waals surface area (Å²) < 4.78 is 14.4. The molecule has 1 amide bonds. The first-order chi connectivity index (χ1) is 17.0. The lowest BCUT2D eigenvalue weighted by atomic mass is 10.1. The minimum Gasteiger partial charge on any atom is -0.381 e. The number of aromatic nitrogens is 6. The van der Waals surface area contributed by atoms with Crippen LogP contribution in [-0.4, -0.2) is 48.4 Å². The van der Waals surface area contributed by atoms with Crippen molar-refractivity contribution in [2.75, 3.05) is 18.5 Å². The Labute approximate surface area is 200 Å². The highest BCUT2D eigenvalue weighted by Gasteiger charge is 2.24. The number of hydrogen-bond donors (Lipinski definition) is 1. The quantitative estimate of drug-likeness (QED) is 0.416. The van der Waals surface area contributed by atoms with Gasteiger partial charge in [-0.2, -0.15) is 10.1 Å². The normalized spacial score (nSPS) is 15.7. The zero-order valence-electron chi connectivity index (χ0n) is 19.3. The first-order valence-electron chi connectivity index (χ1n) is 11.4. The van der Waals surface area contributed by atoms with Gasteiger partial charge in [0.1, 0.15) is 11.3 Å². The topological polar surface area (TPSA) is 112 Å². The number of anilines is 1. The Morgan fingerprint density at radius 3 is 2.86 bits per heavy atom. The van der Waals surface area contributed by atoms with Crippen LogP contribution in [0.5, 0.6) is 0 Å². The van der Waals surface area contributed by atoms with E-state index in [-0.39, 0.29) is 11.8 Å². The minimum atomic E-state index is -0.264. The van der Waals surface area contributed by atoms with Crippen molar-refractivity contribution in [1.29, 1.82) is 0 Å². The second-order valence-corrected chi connectivity index (χ2v) is 8.66. The monoisotopic (exact) mass is 469 g/mol. The number of nitrogens with one attached hydrogen (secondary N) is 1. The van der Waals surface area contributed by atoms with Crippen LogP contribution in [0.2, 0.25) is 0 Å². The number of nitrogens with zero attached hydrogens (tertiary/aromatic N) is 6. The molecule has 176 valence electrons. The molecule has 1 fully saturated rings. The molecular weight excluding hydrogens is 446 g/mol. The molecule has 0 aliphatic carbocycles. The first kappa shape index (κ1) is 21.2. The van der Waals surface area contributed by atoms with Crippen LogP contribution in [0.25, 0.3) is 28.3 Å². The second kappa shape index (κ2) is 8.48. The number of imidazole rings is 1. The smallest absolute Gasteiger partial charge is 0.274 e. The maximum Gasteiger partial charge on any atom is 0.274 e. The zero-order chi connectivity index (χ0) is 23.9. The van der Waals surface area contributed by atoms with Crippen LogP contribution >= 0.6 is 0 Å². The van der Waals surface area contributed by atoms with Gasteiger partial charge in [0.05, 0.1) is 24.4 Å². The predicted molar refractivity (Wildman–Crippen MR) is 128 cm³/mol. The Morgan fingerprint density at radius 1 is 1.14 bits per heavy atom. The van der Waals surface area contributed by atoms with E-state index in [1.54, 1.807) is 15.3 Å². The molecule has 1 N–H and O–H groups in total. The molecule has 0 radical (unpaired) electrons. The molecule has 1 saturated heterocycles. The average Bonchev–Trinajstić information content (AvgIpc) is 3.66. The Bertz CT molecular complexity index is 1540. The van der Waals surface area contributed by atoms with Gasteiger partial charge in [-0.25, -0.2) is 4.98 Å². The third-order valence-corrected chi connectivity index (χ3v) is 6.22. The summed E-state index contributed by atoms with van der Waals surface area (Å²) in [5, 5.41) is 11.6. The molecule has 35 heavy (non-hydrogen) atoms. The van der Waals surface area contributed by atoms with Gasteiger partial charge in [-0.3, -0.25) is 13.9 Å². The number of carbonyl (C=O) groups excluding carboxylic acids is 1. The Kier molecular flexibility index (Phi) is 5.14. The van der Waals surface area contributed by atoms with E-state index in [0.717, 1.165) is 28.8 Å². The molecule has 1 atom stereocenters. The van der Waals surface area contributed by atoms with Crippen LogP contribution < -0.4 is 5.32 Å². The molecule has 5 aromatic rings. The van der Waals surface area contributed by atoms with Gasteiger partial charge >= 0.3 is 0 Å². The van der Waals surface area contributed by atoms with Gasteiger partial charge in [-0.1, -0.05) is 17.3 Å². The fraction of sp³-hybridized carbons (Fsp3) is 0.240. The van der Waals surface area contributed by atoms with E-state index in [4.69, 9.17) is 9.26 Å². The lowest BCUT2D eigenvalue weighted by Crippen LogP contribution is -2.15. The van der Waals surface area contributed by atoms with Crippen molar-refractivity contribution in [2.24, 2.45) is 7.05 Å². The number of ether oxygens (including phenoxy) is 1. The van der Waals surface area contributed by atoms with Crippen LogP contribution in [0.4, 0.5) is 5.69 Å². The number of amides is 1. The predicted octanol–water partition coefficient (Wildman–Crippen LogP) is 3.85. The van der Waals surface area contributed by atoms with Crippen LogP contribution in [0.3, 0.4) is 0 Å². The van der Waals surface area contributed by atoms with Gasteiger partial charge in [0.2, 0.25) is 11.7 Å². The molecule has 6 rings (SSSR count). The fourth-order valence-electron chi connectivity index (χ4n) is 4.21. The SMILES string of the molecule is Cc1ccc(-c2noc([C@@H]3CCOC3)n2)cc1NC(=O)c1cnc2cc(-c3ccn(C)n3)ccn12. The molecule has 4 aromatic heterocycles. The largest absolute Gasteiger partial charge is 0.381 e. The van der Waals surface area contributed by atoms with Crippen molar-refractivity contribution < 1.29 is 14.1 Å². The van der Waals surface area contributed by atoms with Gasteiger partial charge in [0.15, 0.2) is 0 Å². The standard InChI is InChI=1S/C25H23N7O3/c1-15-3-4-17(23-28-25(35-30-23)18-7-10-34-14-18)11-20(15)27-24(33)21-13-26-22-12-16(5-9-32(21)22)19-6-8-31(2)29-19/h3-6,8-9,11-13,18H,7,10,14H2,1-2H3,(H,27,33)/t18-/m1/s1. The van der Waals surface area contributed by atoms with E-state index in [0.29, 0.717) is 42.0 Å². The summed E-state index contributed by atoms with van der Waals surface area (Å²) in [5.74, 6) is 0.938. The molecule has 10 nitrogen and oxygen atoms in total. The summed E-state index contributed by atoms with van der Waals surface area (Å²) in [7, 11) is 1.87. The molecule has 0 saturated carbocycles. The van der Waals surface area contributed by atoms with Crippen molar-refractivity contribution >= 4 is 17.2 Å². The summed E-state index contributed by atoms with van der Waals surface area (Å²) >= 11 is 0. The van der Waals surface area contributed by atoms with E-state index in [1.165, 1.54) is 0 Å². The van der Waals surface area contributed by atoms with Crippen molar-refractivity contribution in [3.05, 3.63) is 72.1 Å². The molecule has 10 heteroatoms. The van der Waals surface area contributed by atoms with E-state index < -0.39 is 0 Å². The van der Waals surface area contributed by atoms with Crippen LogP contribution in [-0.2, 0) is 11.8 Å². The van der Waals surface area contributed by atoms with E-state index in [1.807, 2.05) is 62.8 Å². The number of rotatable bonds is 5. The van der Waals surface area contributed by atoms with Crippen LogP contribution in [0.15, 0.2) is 59.5 Å². The molecule has 0 unspecified atom stereocenters. The van der Waals surface area contributed by atoms with Crippen LogP contribution in [0, 0.1) is 6.92 Å². The molecule has 0 bridgehead atoms. The number of aryl methyl sites for hydroxylation is 2. The fourth-order valence-corrected chi connectivity index (χ4v) is 4.21. The lowest BCUT2D eigenvalue weighted by Gasteiger charge is -2.10. The van der Waals surface area contributed by atoms with E-state index in [9.17, 15) is 4.79 Å². The van der Waals surface area contributed by atoms with Gasteiger partial charge in [-0.05, 0) is 43.2 Å². The second-order valence-electron chi connectivity index (χ2n) is 8.66. The van der Waals surface area contributed by atoms with Gasteiger partial charge in [0.25, 0.3) is 5.91 Å². The molecule has 1 aliphatic heterocycles. The van der Waals surface area contributed by atoms with Crippen molar-refractivity contribution in [3.8, 4) is 22.6 Å². The highest BCUT2D eigenvalue weighted by atomic mass is 16.5. The van der Waals surface area contributed by atoms with Crippen molar-refractivity contribution in [2.45, 2.75) is 19.3 Å². The minimum absolute atomic E-state index is 0.134. The highest BCUT2D eigenvalue weighted by Crippen LogP contribution is 2.28. The lowest BCUT2D eigenvalue weighted by molar-refractivity contribution is 0.102. The third kappa shape index (κ3) is 3.97. The first-order valence-corrected chi connectivity index (χ1v) is 11.4. The molecular formula is C25H23N7O3. The number of pyridine rings is 1. The average molecular weight is 470 g/mol.